The van der Waals surface area contributed by atoms with Crippen LogP contribution in [0.4, 0.5) is 0 Å². The number of hydrogen-bond donors (Lipinski definition) is 2. The van der Waals surface area contributed by atoms with Gasteiger partial charge in [0, 0.05) is 0 Å². The molecule has 0 radical (unpaired) electrons. The molecule has 0 amide bonds. The Bertz CT molecular complexity index is 1160. The number of fused-ring (bicyclic) bond motifs is 1. The first-order valence-electron chi connectivity index (χ1n) is 9.48. The maximum absolute atomic E-state index is 11.0. The van der Waals surface area contributed by atoms with E-state index in [0.29, 0.717) is 31.2 Å². The summed E-state index contributed by atoms with van der Waals surface area (Å²) >= 11 is -1.27. The van der Waals surface area contributed by atoms with Crippen molar-refractivity contribution >= 4 is 21.1 Å². The van der Waals surface area contributed by atoms with Crippen molar-refractivity contribution in [2.75, 3.05) is 0 Å². The molecule has 11 heteroatoms. The second-order valence-electron chi connectivity index (χ2n) is 7.06. The van der Waals surface area contributed by atoms with E-state index in [0.717, 1.165) is 16.3 Å². The van der Waals surface area contributed by atoms with E-state index >= 15 is 0 Å². The fourth-order valence-corrected chi connectivity index (χ4v) is 6.69. The summed E-state index contributed by atoms with van der Waals surface area (Å²) in [4.78, 5) is 8.25. The molecule has 9 nitrogen and oxygen atoms in total. The topological polar surface area (TPSA) is 134 Å². The Balaban J connectivity index is 1.36. The quantitative estimate of drug-likeness (QED) is 0.258. The molecule has 31 heavy (non-hydrogen) atoms. The Labute approximate surface area is 190 Å². The summed E-state index contributed by atoms with van der Waals surface area (Å²) in [6, 6.07) is 15.7. The van der Waals surface area contributed by atoms with Gasteiger partial charge in [-0.1, -0.05) is 24.3 Å². The van der Waals surface area contributed by atoms with Crippen LogP contribution in [-0.2, 0) is 19.4 Å². The van der Waals surface area contributed by atoms with E-state index < -0.39 is 38.0 Å². The van der Waals surface area contributed by atoms with Crippen LogP contribution >= 0.6 is 0 Å². The minimum atomic E-state index is -4.00. The number of halogens is 1. The molecule has 2 aromatic carbocycles. The number of ether oxygens (including phenoxy) is 2. The van der Waals surface area contributed by atoms with Gasteiger partial charge in [-0.15, -0.1) is 0 Å². The number of aliphatic hydroxyl groups excluding tert-OH is 1. The second kappa shape index (κ2) is 9.61. The van der Waals surface area contributed by atoms with Crippen molar-refractivity contribution < 1.29 is 47.1 Å². The third-order valence-electron chi connectivity index (χ3n) is 4.81. The van der Waals surface area contributed by atoms with Crippen molar-refractivity contribution in [3.8, 4) is 11.8 Å². The van der Waals surface area contributed by atoms with Gasteiger partial charge < -0.3 is 0 Å². The van der Waals surface area contributed by atoms with Crippen molar-refractivity contribution in [2.45, 2.75) is 35.6 Å². The zero-order valence-corrected chi connectivity index (χ0v) is 19.3. The minimum absolute atomic E-state index is 0.286. The van der Waals surface area contributed by atoms with E-state index in [9.17, 15) is 13.5 Å². The number of benzene rings is 2. The van der Waals surface area contributed by atoms with Crippen LogP contribution in [0.3, 0.4) is 0 Å². The van der Waals surface area contributed by atoms with Gasteiger partial charge in [0.2, 0.25) is 0 Å². The van der Waals surface area contributed by atoms with Crippen molar-refractivity contribution in [2.24, 2.45) is 5.14 Å². The molecular formula is C20H21IN3O6S-. The van der Waals surface area contributed by atoms with Crippen LogP contribution in [0.15, 0.2) is 54.9 Å². The fourth-order valence-electron chi connectivity index (χ4n) is 3.42. The number of aliphatic hydroxyl groups is 1. The third-order valence-corrected chi connectivity index (χ3v) is 9.17. The SMILES string of the molecule is NS(=O)(=O)O[I-][C@@H]1C[C@@H](Oc2cc(OCc3cccc4ccccc34)ncn2)C[C@@H]1O. The number of rotatable bonds is 8. The van der Waals surface area contributed by atoms with Crippen molar-refractivity contribution in [3.05, 3.63) is 60.4 Å². The van der Waals surface area contributed by atoms with E-state index in [1.54, 1.807) is 6.07 Å². The van der Waals surface area contributed by atoms with Crippen LogP contribution < -0.4 is 36.2 Å². The van der Waals surface area contributed by atoms with Crippen LogP contribution in [0.2, 0.25) is 0 Å². The standard InChI is InChI=1S/C20H21IN3O6S/c22-31(26,27)30-21-17-8-15(9-18(17)25)29-20-10-19(23-12-24-20)28-11-14-6-3-5-13-4-1-2-7-16(13)14/h1-7,10,12,15,17-18,25H,8-9,11H2,(H2,22,26,27)/q-1/t15-,17-,18+/m1/s1. The predicted molar refractivity (Wildman–Crippen MR) is 108 cm³/mol. The van der Waals surface area contributed by atoms with Crippen molar-refractivity contribution in [1.82, 2.24) is 9.97 Å². The molecule has 3 atom stereocenters. The van der Waals surface area contributed by atoms with Crippen LogP contribution in [0.25, 0.3) is 10.8 Å². The molecule has 1 aromatic heterocycles. The average molecular weight is 558 g/mol. The van der Waals surface area contributed by atoms with Crippen LogP contribution in [0.5, 0.6) is 11.8 Å². The van der Waals surface area contributed by atoms with Gasteiger partial charge in [0.05, 0.1) is 0 Å². The predicted octanol–water partition coefficient (Wildman–Crippen LogP) is -1.30. The molecule has 1 saturated carbocycles. The molecule has 1 fully saturated rings. The van der Waals surface area contributed by atoms with Gasteiger partial charge in [-0.2, -0.15) is 0 Å². The molecule has 0 spiro atoms. The van der Waals surface area contributed by atoms with Gasteiger partial charge in [0.25, 0.3) is 0 Å². The van der Waals surface area contributed by atoms with Gasteiger partial charge >= 0.3 is 167 Å². The van der Waals surface area contributed by atoms with Gasteiger partial charge in [-0.05, 0) is 0 Å². The molecule has 3 aromatic rings. The molecule has 0 aliphatic heterocycles. The second-order valence-corrected chi connectivity index (χ2v) is 11.4. The summed E-state index contributed by atoms with van der Waals surface area (Å²) in [6.07, 6.45) is 1.15. The molecule has 166 valence electrons. The van der Waals surface area contributed by atoms with E-state index in [1.807, 2.05) is 30.3 Å². The first-order valence-corrected chi connectivity index (χ1v) is 13.1. The summed E-state index contributed by atoms with van der Waals surface area (Å²) in [7, 11) is -4.00. The van der Waals surface area contributed by atoms with Crippen LogP contribution in [0.1, 0.15) is 18.4 Å². The van der Waals surface area contributed by atoms with E-state index in [4.69, 9.17) is 17.1 Å². The molecule has 4 rings (SSSR count). The van der Waals surface area contributed by atoms with E-state index in [2.05, 4.69) is 22.1 Å². The van der Waals surface area contributed by atoms with Gasteiger partial charge in [0.15, 0.2) is 0 Å². The zero-order valence-electron chi connectivity index (χ0n) is 16.3. The molecule has 1 aliphatic rings. The number of hydrogen-bond acceptors (Lipinski definition) is 8. The van der Waals surface area contributed by atoms with E-state index in [1.165, 1.54) is 6.33 Å². The third kappa shape index (κ3) is 6.01. The Kier molecular flexibility index (Phi) is 6.86. The maximum atomic E-state index is 11.0. The first-order chi connectivity index (χ1) is 14.9. The molecule has 3 N–H and O–H groups in total. The molecular weight excluding hydrogens is 537 g/mol. The Morgan fingerprint density at radius 1 is 1.10 bits per heavy atom. The molecule has 0 unspecified atom stereocenters. The van der Waals surface area contributed by atoms with Crippen molar-refractivity contribution in [1.29, 1.82) is 0 Å². The number of nitrogens with two attached hydrogens (primary N) is 1. The van der Waals surface area contributed by atoms with Crippen LogP contribution in [0, 0.1) is 0 Å². The number of aromatic nitrogens is 2. The summed E-state index contributed by atoms with van der Waals surface area (Å²) in [5.74, 6) is 0.698. The molecule has 1 aliphatic carbocycles. The number of nitrogens with zero attached hydrogens (tertiary/aromatic N) is 2. The average Bonchev–Trinajstić information content (AvgIpc) is 3.09. The molecule has 0 saturated heterocycles. The summed E-state index contributed by atoms with van der Waals surface area (Å²) in [5.41, 5.74) is 1.04. The Morgan fingerprint density at radius 3 is 2.71 bits per heavy atom. The molecule has 1 heterocycles. The van der Waals surface area contributed by atoms with Crippen molar-refractivity contribution in [3.63, 3.8) is 0 Å². The van der Waals surface area contributed by atoms with Gasteiger partial charge in [-0.3, -0.25) is 0 Å². The fraction of sp³-hybridized carbons (Fsp3) is 0.300. The summed E-state index contributed by atoms with van der Waals surface area (Å²) in [6.45, 7) is 0.345. The summed E-state index contributed by atoms with van der Waals surface area (Å²) in [5, 5.41) is 17.3. The Morgan fingerprint density at radius 2 is 1.87 bits per heavy atom. The zero-order chi connectivity index (χ0) is 21.8. The number of alkyl halides is 1. The first kappa shape index (κ1) is 22.1. The van der Waals surface area contributed by atoms with Gasteiger partial charge in [-0.25, -0.2) is 0 Å². The van der Waals surface area contributed by atoms with E-state index in [-0.39, 0.29) is 10.0 Å². The normalized spacial score (nSPS) is 21.4. The monoisotopic (exact) mass is 558 g/mol. The van der Waals surface area contributed by atoms with Gasteiger partial charge in [0.1, 0.15) is 0 Å². The van der Waals surface area contributed by atoms with Crippen LogP contribution in [-0.4, -0.2) is 39.6 Å². The molecule has 0 bridgehead atoms. The Hall–Kier alpha value is -2.06. The summed E-state index contributed by atoms with van der Waals surface area (Å²) < 4.78 is 38.1.